The highest BCUT2D eigenvalue weighted by molar-refractivity contribution is 6.29. The second-order valence-corrected chi connectivity index (χ2v) is 9.04. The Morgan fingerprint density at radius 1 is 0.667 bits per heavy atom. The van der Waals surface area contributed by atoms with Gasteiger partial charge in [0.2, 0.25) is 0 Å². The Balaban J connectivity index is 3.41. The molecule has 2 nitrogen and oxygen atoms in total. The summed E-state index contributed by atoms with van der Waals surface area (Å²) in [5.74, 6) is 0. The molecule has 4 heteroatoms. The molecule has 0 aliphatic rings. The monoisotopic (exact) mass is 332 g/mol. The molecule has 0 rings (SSSR count). The molecule has 0 radical (unpaired) electrons. The van der Waals surface area contributed by atoms with Crippen LogP contribution in [0.2, 0.25) is 12.1 Å². The summed E-state index contributed by atoms with van der Waals surface area (Å²) in [4.78, 5) is 0. The number of hydrogen-bond donors (Lipinski definition) is 0. The van der Waals surface area contributed by atoms with E-state index in [0.29, 0.717) is 12.2 Å². The largest absolute Gasteiger partial charge is 0.421 e. The Hall–Kier alpha value is 0.354. The number of rotatable bonds is 16. The van der Waals surface area contributed by atoms with E-state index < -0.39 is 0 Å². The molecule has 128 valence electrons. The van der Waals surface area contributed by atoms with Crippen molar-refractivity contribution >= 4 is 19.5 Å². The molecule has 0 aliphatic carbocycles. The highest BCUT2D eigenvalue weighted by atomic mass is 28.2. The fourth-order valence-electron chi connectivity index (χ4n) is 2.56. The maximum absolute atomic E-state index is 6.11. The van der Waals surface area contributed by atoms with Crippen LogP contribution in [0.25, 0.3) is 0 Å². The molecule has 0 amide bonds. The molecule has 0 saturated heterocycles. The standard InChI is InChI=1S/C17H40O2Si2/c1-5-9-12-16(7-3)18-20-14-11-15-21-19-17(8-4)13-10-6-2/h16-17H,5-15,20-21H2,1-4H3. The van der Waals surface area contributed by atoms with Gasteiger partial charge in [-0.3, -0.25) is 0 Å². The first-order valence-electron chi connectivity index (χ1n) is 9.51. The van der Waals surface area contributed by atoms with Crippen LogP contribution in [0.1, 0.15) is 85.5 Å². The van der Waals surface area contributed by atoms with E-state index in [1.54, 1.807) is 0 Å². The summed E-state index contributed by atoms with van der Waals surface area (Å²) in [5, 5.41) is 0. The van der Waals surface area contributed by atoms with Gasteiger partial charge < -0.3 is 8.85 Å². The third-order valence-corrected chi connectivity index (χ3v) is 7.16. The zero-order chi connectivity index (χ0) is 15.8. The van der Waals surface area contributed by atoms with Crippen LogP contribution in [0.4, 0.5) is 0 Å². The van der Waals surface area contributed by atoms with E-state index >= 15 is 0 Å². The molecule has 0 saturated carbocycles. The smallest absolute Gasteiger partial charge is 0.161 e. The summed E-state index contributed by atoms with van der Waals surface area (Å²) in [6.07, 6.45) is 12.6. The van der Waals surface area contributed by atoms with Crippen molar-refractivity contribution in [1.29, 1.82) is 0 Å². The molecule has 0 aromatic carbocycles. The van der Waals surface area contributed by atoms with Gasteiger partial charge in [0.05, 0.1) is 0 Å². The zero-order valence-electron chi connectivity index (χ0n) is 15.2. The van der Waals surface area contributed by atoms with Crippen LogP contribution in [-0.4, -0.2) is 31.7 Å². The molecule has 2 unspecified atom stereocenters. The Morgan fingerprint density at radius 2 is 1.10 bits per heavy atom. The van der Waals surface area contributed by atoms with Crippen molar-refractivity contribution in [1.82, 2.24) is 0 Å². The van der Waals surface area contributed by atoms with Gasteiger partial charge in [0, 0.05) is 12.2 Å². The Morgan fingerprint density at radius 3 is 1.43 bits per heavy atom. The van der Waals surface area contributed by atoms with Gasteiger partial charge in [-0.15, -0.1) is 0 Å². The maximum atomic E-state index is 6.11. The van der Waals surface area contributed by atoms with Crippen molar-refractivity contribution in [3.63, 3.8) is 0 Å². The molecule has 0 aromatic heterocycles. The lowest BCUT2D eigenvalue weighted by Crippen LogP contribution is -2.16. The Labute approximate surface area is 138 Å². The minimum absolute atomic E-state index is 0.274. The molecule has 0 aliphatic heterocycles. The van der Waals surface area contributed by atoms with Crippen molar-refractivity contribution in [3.8, 4) is 0 Å². The van der Waals surface area contributed by atoms with Crippen molar-refractivity contribution in [2.24, 2.45) is 0 Å². The first-order chi connectivity index (χ1) is 10.3. The average Bonchev–Trinajstić information content (AvgIpc) is 2.52. The average molecular weight is 333 g/mol. The summed E-state index contributed by atoms with van der Waals surface area (Å²) in [6.45, 7) is 9.05. The minimum Gasteiger partial charge on any atom is -0.421 e. The molecule has 0 aromatic rings. The summed E-state index contributed by atoms with van der Waals surface area (Å²) in [5.41, 5.74) is 0. The highest BCUT2D eigenvalue weighted by Gasteiger charge is 2.07. The summed E-state index contributed by atoms with van der Waals surface area (Å²) >= 11 is 0. The molecule has 21 heavy (non-hydrogen) atoms. The van der Waals surface area contributed by atoms with Gasteiger partial charge in [-0.2, -0.15) is 0 Å². The van der Waals surface area contributed by atoms with Crippen LogP contribution in [-0.2, 0) is 8.85 Å². The van der Waals surface area contributed by atoms with Crippen LogP contribution in [0.5, 0.6) is 0 Å². The van der Waals surface area contributed by atoms with Gasteiger partial charge in [-0.1, -0.05) is 59.8 Å². The van der Waals surface area contributed by atoms with Crippen molar-refractivity contribution < 1.29 is 8.85 Å². The van der Waals surface area contributed by atoms with Gasteiger partial charge in [0.15, 0.2) is 19.5 Å². The molecule has 0 fully saturated rings. The fourth-order valence-corrected chi connectivity index (χ4v) is 6.18. The van der Waals surface area contributed by atoms with Gasteiger partial charge in [-0.05, 0) is 37.8 Å². The number of hydrogen-bond acceptors (Lipinski definition) is 2. The highest BCUT2D eigenvalue weighted by Crippen LogP contribution is 2.11. The quantitative estimate of drug-likeness (QED) is 0.309. The molecule has 0 heterocycles. The van der Waals surface area contributed by atoms with Crippen LogP contribution in [0, 0.1) is 0 Å². The van der Waals surface area contributed by atoms with Gasteiger partial charge in [-0.25, -0.2) is 0 Å². The van der Waals surface area contributed by atoms with E-state index in [0.717, 1.165) is 0 Å². The lowest BCUT2D eigenvalue weighted by Gasteiger charge is -2.17. The molecule has 0 spiro atoms. The third kappa shape index (κ3) is 13.7. The van der Waals surface area contributed by atoms with Gasteiger partial charge >= 0.3 is 0 Å². The molecule has 0 N–H and O–H groups in total. The summed E-state index contributed by atoms with van der Waals surface area (Å²) < 4.78 is 12.2. The predicted octanol–water partition coefficient (Wildman–Crippen LogP) is 4.35. The third-order valence-electron chi connectivity index (χ3n) is 4.17. The van der Waals surface area contributed by atoms with E-state index in [9.17, 15) is 0 Å². The maximum Gasteiger partial charge on any atom is 0.161 e. The van der Waals surface area contributed by atoms with E-state index in [4.69, 9.17) is 8.85 Å². The zero-order valence-corrected chi connectivity index (χ0v) is 18.0. The first kappa shape index (κ1) is 21.4. The van der Waals surface area contributed by atoms with Crippen molar-refractivity contribution in [2.45, 2.75) is 110 Å². The van der Waals surface area contributed by atoms with Crippen LogP contribution in [0.15, 0.2) is 0 Å². The van der Waals surface area contributed by atoms with Gasteiger partial charge in [0.25, 0.3) is 0 Å². The van der Waals surface area contributed by atoms with Crippen LogP contribution >= 0.6 is 0 Å². The lowest BCUT2D eigenvalue weighted by molar-refractivity contribution is 0.190. The SMILES string of the molecule is CCCCC(CC)O[SiH2]CCC[SiH2]OC(CC)CCCC. The van der Waals surface area contributed by atoms with Crippen molar-refractivity contribution in [3.05, 3.63) is 0 Å². The van der Waals surface area contributed by atoms with E-state index in [2.05, 4.69) is 27.7 Å². The normalized spacial score (nSPS) is 15.4. The van der Waals surface area contributed by atoms with E-state index in [1.807, 2.05) is 0 Å². The van der Waals surface area contributed by atoms with Crippen LogP contribution in [0.3, 0.4) is 0 Å². The molecular formula is C17H40O2Si2. The first-order valence-corrected chi connectivity index (χ1v) is 12.7. The minimum atomic E-state index is -0.274. The summed E-state index contributed by atoms with van der Waals surface area (Å²) in [7, 11) is -0.549. The molecule has 0 bridgehead atoms. The van der Waals surface area contributed by atoms with Crippen molar-refractivity contribution in [2.75, 3.05) is 0 Å². The second kappa shape index (κ2) is 16.7. The lowest BCUT2D eigenvalue weighted by atomic mass is 10.1. The fraction of sp³-hybridized carbons (Fsp3) is 1.00. The molecule has 2 atom stereocenters. The van der Waals surface area contributed by atoms with Gasteiger partial charge in [0.1, 0.15) is 0 Å². The number of unbranched alkanes of at least 4 members (excludes halogenated alkanes) is 2. The van der Waals surface area contributed by atoms with E-state index in [1.165, 1.54) is 69.9 Å². The Bertz CT molecular complexity index is 183. The molecular weight excluding hydrogens is 292 g/mol. The predicted molar refractivity (Wildman–Crippen MR) is 101 cm³/mol. The van der Waals surface area contributed by atoms with Crippen LogP contribution < -0.4 is 0 Å². The second-order valence-electron chi connectivity index (χ2n) is 6.15. The Kier molecular flexibility index (Phi) is 17.0. The van der Waals surface area contributed by atoms with E-state index in [-0.39, 0.29) is 19.5 Å². The summed E-state index contributed by atoms with van der Waals surface area (Å²) in [6, 6.07) is 2.70. The topological polar surface area (TPSA) is 18.5 Å².